The third-order valence-corrected chi connectivity index (χ3v) is 7.20. The van der Waals surface area contributed by atoms with Gasteiger partial charge in [0.05, 0.1) is 33.3 Å². The lowest BCUT2D eigenvalue weighted by Crippen LogP contribution is -2.71. The van der Waals surface area contributed by atoms with Gasteiger partial charge < -0.3 is 54.2 Å². The Hall–Kier alpha value is -3.45. The molecule has 1 fully saturated rings. The van der Waals surface area contributed by atoms with Crippen molar-refractivity contribution in [1.29, 1.82) is 0 Å². The van der Waals surface area contributed by atoms with E-state index in [4.69, 9.17) is 28.4 Å². The molecule has 7 atom stereocenters. The van der Waals surface area contributed by atoms with Crippen molar-refractivity contribution in [3.63, 3.8) is 0 Å². The Bertz CT molecular complexity index is 1240. The molecule has 0 radical (unpaired) electrons. The average molecular weight is 503 g/mol. The zero-order valence-corrected chi connectivity index (χ0v) is 19.3. The second-order valence-corrected chi connectivity index (χ2v) is 9.10. The molecule has 2 aromatic carbocycles. The standard InChI is InChI=1S/C24H25NO11/c1-31-13-6-3-9-11-7-33-18-10(17(11)34-19(9)20(13)32-2)4-5-12-14(18)25-8-24(35-12)22(28)16(27)15(26)21(36-24)23(29)30/h3-6,11,15-17,21-22,25-28H,7-8H2,1-2H3,(H,29,30)/t11-,15-,16-,17+,21-,22+,24+/m0/s1. The molecule has 5 N–H and O–H groups in total. The van der Waals surface area contributed by atoms with Gasteiger partial charge in [0.2, 0.25) is 5.75 Å². The van der Waals surface area contributed by atoms with Gasteiger partial charge in [-0.05, 0) is 18.2 Å². The van der Waals surface area contributed by atoms with Gasteiger partial charge in [0, 0.05) is 11.1 Å². The molecular weight excluding hydrogens is 478 g/mol. The number of fused-ring (bicyclic) bond motifs is 7. The summed E-state index contributed by atoms with van der Waals surface area (Å²) in [5.74, 6) is -1.16. The molecule has 4 aliphatic rings. The summed E-state index contributed by atoms with van der Waals surface area (Å²) in [6.07, 6.45) is -7.50. The van der Waals surface area contributed by atoms with Gasteiger partial charge >= 0.3 is 5.97 Å². The van der Waals surface area contributed by atoms with E-state index in [0.29, 0.717) is 35.3 Å². The van der Waals surface area contributed by atoms with Gasteiger partial charge in [-0.15, -0.1) is 0 Å². The molecule has 12 heteroatoms. The predicted molar refractivity (Wildman–Crippen MR) is 120 cm³/mol. The Balaban J connectivity index is 1.34. The number of ether oxygens (including phenoxy) is 6. The second-order valence-electron chi connectivity index (χ2n) is 9.10. The van der Waals surface area contributed by atoms with Crippen LogP contribution in [0.2, 0.25) is 0 Å². The molecule has 6 rings (SSSR count). The molecule has 0 aliphatic carbocycles. The van der Waals surface area contributed by atoms with E-state index >= 15 is 0 Å². The Labute approximate surface area is 204 Å². The van der Waals surface area contributed by atoms with Crippen molar-refractivity contribution in [3.8, 4) is 28.7 Å². The number of hydrogen-bond donors (Lipinski definition) is 5. The molecule has 0 saturated carbocycles. The second kappa shape index (κ2) is 8.03. The number of aliphatic hydroxyl groups is 3. The third kappa shape index (κ3) is 3.05. The summed E-state index contributed by atoms with van der Waals surface area (Å²) in [7, 11) is 3.11. The van der Waals surface area contributed by atoms with E-state index in [0.717, 1.165) is 11.1 Å². The molecule has 4 aliphatic heterocycles. The van der Waals surface area contributed by atoms with E-state index in [9.17, 15) is 25.2 Å². The monoisotopic (exact) mass is 503 g/mol. The van der Waals surface area contributed by atoms with E-state index in [1.54, 1.807) is 26.4 Å². The van der Waals surface area contributed by atoms with Crippen molar-refractivity contribution in [2.24, 2.45) is 0 Å². The van der Waals surface area contributed by atoms with E-state index in [1.165, 1.54) is 0 Å². The summed E-state index contributed by atoms with van der Waals surface area (Å²) in [5, 5.41) is 43.5. The van der Waals surface area contributed by atoms with Crippen LogP contribution in [0.3, 0.4) is 0 Å². The number of nitrogens with one attached hydrogen (secondary N) is 1. The number of benzene rings is 2. The minimum Gasteiger partial charge on any atom is -0.493 e. The van der Waals surface area contributed by atoms with Crippen LogP contribution in [0.4, 0.5) is 5.69 Å². The molecule has 0 amide bonds. The SMILES string of the molecule is COc1ccc2c(c1OC)O[C@@H]1c3ccc4c(c3OC[C@@H]21)NC[C@@]1(O4)O[C@H](C(=O)O)[C@@H](O)[C@H](O)[C@H]1O. The number of anilines is 1. The number of carboxylic acid groups (broad SMARTS) is 1. The minimum absolute atomic E-state index is 0.0855. The number of methoxy groups -OCH3 is 2. The molecular formula is C24H25NO11. The van der Waals surface area contributed by atoms with Crippen LogP contribution in [0, 0.1) is 0 Å². The normalized spacial score (nSPS) is 33.5. The fourth-order valence-electron chi connectivity index (χ4n) is 5.38. The Kier molecular flexibility index (Phi) is 5.13. The number of carboxylic acids is 1. The summed E-state index contributed by atoms with van der Waals surface area (Å²) in [5.41, 5.74) is 2.18. The van der Waals surface area contributed by atoms with Gasteiger partial charge in [-0.25, -0.2) is 4.79 Å². The lowest BCUT2D eigenvalue weighted by atomic mass is 9.88. The van der Waals surface area contributed by atoms with Crippen LogP contribution in [0.1, 0.15) is 23.1 Å². The summed E-state index contributed by atoms with van der Waals surface area (Å²) < 4.78 is 34.9. The fourth-order valence-corrected chi connectivity index (χ4v) is 5.38. The Morgan fingerprint density at radius 2 is 1.83 bits per heavy atom. The first-order chi connectivity index (χ1) is 17.3. The van der Waals surface area contributed by atoms with Crippen LogP contribution < -0.4 is 29.0 Å². The molecule has 4 heterocycles. The number of carbonyl (C=O) groups is 1. The first-order valence-electron chi connectivity index (χ1n) is 11.4. The molecule has 2 aromatic rings. The van der Waals surface area contributed by atoms with Crippen molar-refractivity contribution in [3.05, 3.63) is 35.4 Å². The fraction of sp³-hybridized carbons (Fsp3) is 0.458. The highest BCUT2D eigenvalue weighted by molar-refractivity contribution is 5.74. The minimum atomic E-state index is -1.94. The van der Waals surface area contributed by atoms with Crippen LogP contribution in [-0.4, -0.2) is 84.0 Å². The smallest absolute Gasteiger partial charge is 0.335 e. The number of aliphatic hydroxyl groups excluding tert-OH is 3. The van der Waals surface area contributed by atoms with Crippen molar-refractivity contribution in [2.75, 3.05) is 32.7 Å². The third-order valence-electron chi connectivity index (χ3n) is 7.20. The molecule has 0 unspecified atom stereocenters. The van der Waals surface area contributed by atoms with Gasteiger partial charge in [0.1, 0.15) is 35.9 Å². The average Bonchev–Trinajstić information content (AvgIpc) is 3.27. The summed E-state index contributed by atoms with van der Waals surface area (Å²) in [4.78, 5) is 11.6. The quantitative estimate of drug-likeness (QED) is 0.392. The van der Waals surface area contributed by atoms with Crippen molar-refractivity contribution >= 4 is 11.7 Å². The molecule has 1 saturated heterocycles. The van der Waals surface area contributed by atoms with Gasteiger partial charge in [0.15, 0.2) is 23.4 Å². The molecule has 12 nitrogen and oxygen atoms in total. The Morgan fingerprint density at radius 1 is 1.06 bits per heavy atom. The maximum Gasteiger partial charge on any atom is 0.335 e. The zero-order chi connectivity index (χ0) is 25.4. The highest BCUT2D eigenvalue weighted by Gasteiger charge is 2.59. The van der Waals surface area contributed by atoms with E-state index in [2.05, 4.69) is 5.32 Å². The van der Waals surface area contributed by atoms with E-state index in [-0.39, 0.29) is 24.3 Å². The molecule has 0 bridgehead atoms. The molecule has 192 valence electrons. The van der Waals surface area contributed by atoms with Crippen molar-refractivity contribution in [2.45, 2.75) is 42.2 Å². The van der Waals surface area contributed by atoms with Crippen LogP contribution in [0.25, 0.3) is 0 Å². The largest absolute Gasteiger partial charge is 0.493 e. The summed E-state index contributed by atoms with van der Waals surface area (Å²) >= 11 is 0. The highest BCUT2D eigenvalue weighted by Crippen LogP contribution is 2.58. The van der Waals surface area contributed by atoms with Crippen LogP contribution >= 0.6 is 0 Å². The van der Waals surface area contributed by atoms with Gasteiger partial charge in [-0.2, -0.15) is 0 Å². The van der Waals surface area contributed by atoms with Crippen molar-refractivity contribution < 1.29 is 53.6 Å². The molecule has 1 spiro atoms. The maximum atomic E-state index is 11.6. The number of aliphatic carboxylic acids is 1. The van der Waals surface area contributed by atoms with Crippen LogP contribution in [-0.2, 0) is 9.53 Å². The van der Waals surface area contributed by atoms with Crippen LogP contribution in [0.15, 0.2) is 24.3 Å². The Morgan fingerprint density at radius 3 is 2.56 bits per heavy atom. The van der Waals surface area contributed by atoms with Gasteiger partial charge in [-0.3, -0.25) is 0 Å². The summed E-state index contributed by atoms with van der Waals surface area (Å²) in [6, 6.07) is 7.14. The maximum absolute atomic E-state index is 11.6. The highest BCUT2D eigenvalue weighted by atomic mass is 16.7. The first kappa shape index (κ1) is 23.0. The predicted octanol–water partition coefficient (Wildman–Crippen LogP) is 0.380. The van der Waals surface area contributed by atoms with Crippen LogP contribution in [0.5, 0.6) is 28.7 Å². The van der Waals surface area contributed by atoms with Gasteiger partial charge in [-0.1, -0.05) is 6.07 Å². The lowest BCUT2D eigenvalue weighted by Gasteiger charge is -2.49. The number of hydrogen-bond acceptors (Lipinski definition) is 11. The van der Waals surface area contributed by atoms with E-state index in [1.807, 2.05) is 12.1 Å². The van der Waals surface area contributed by atoms with E-state index < -0.39 is 36.2 Å². The number of rotatable bonds is 3. The zero-order valence-electron chi connectivity index (χ0n) is 19.3. The molecule has 36 heavy (non-hydrogen) atoms. The summed E-state index contributed by atoms with van der Waals surface area (Å²) in [6.45, 7) is 0.100. The topological polar surface area (TPSA) is 165 Å². The lowest BCUT2D eigenvalue weighted by molar-refractivity contribution is -0.325. The molecule has 0 aromatic heterocycles. The van der Waals surface area contributed by atoms with Gasteiger partial charge in [0.25, 0.3) is 5.79 Å². The first-order valence-corrected chi connectivity index (χ1v) is 11.4. The van der Waals surface area contributed by atoms with Crippen molar-refractivity contribution in [1.82, 2.24) is 0 Å².